The van der Waals surface area contributed by atoms with Gasteiger partial charge >= 0.3 is 5.97 Å². The molecule has 0 aromatic heterocycles. The number of ether oxygens (including phenoxy) is 1. The largest absolute Gasteiger partial charge is 0.469 e. The smallest absolute Gasteiger partial charge is 0.309 e. The number of carbonyl (C=O) groups is 1. The summed E-state index contributed by atoms with van der Waals surface area (Å²) in [6.45, 7) is 5.23. The molecule has 1 saturated heterocycles. The van der Waals surface area contributed by atoms with Crippen molar-refractivity contribution in [3.8, 4) is 0 Å². The third-order valence-corrected chi connectivity index (χ3v) is 3.94. The second-order valence-corrected chi connectivity index (χ2v) is 5.09. The fourth-order valence-electron chi connectivity index (χ4n) is 3.14. The van der Waals surface area contributed by atoms with Gasteiger partial charge in [-0.15, -0.1) is 0 Å². The predicted octanol–water partition coefficient (Wildman–Crippen LogP) is 1.53. The molecule has 0 aromatic rings. The molecular formula is C12H21NO2. The minimum atomic E-state index is -0.0768. The zero-order valence-corrected chi connectivity index (χ0v) is 9.74. The molecule has 1 saturated carbocycles. The Balaban J connectivity index is 1.79. The van der Waals surface area contributed by atoms with Gasteiger partial charge in [0.05, 0.1) is 13.0 Å². The highest BCUT2D eigenvalue weighted by molar-refractivity contribution is 5.72. The van der Waals surface area contributed by atoms with Gasteiger partial charge < -0.3 is 9.64 Å². The van der Waals surface area contributed by atoms with E-state index in [0.29, 0.717) is 0 Å². The number of rotatable bonds is 3. The summed E-state index contributed by atoms with van der Waals surface area (Å²) in [5.41, 5.74) is 0. The first-order chi connectivity index (χ1) is 7.20. The lowest BCUT2D eigenvalue weighted by Crippen LogP contribution is -2.31. The maximum Gasteiger partial charge on any atom is 0.309 e. The van der Waals surface area contributed by atoms with E-state index in [4.69, 9.17) is 4.74 Å². The Kier molecular flexibility index (Phi) is 3.29. The van der Waals surface area contributed by atoms with Crippen LogP contribution in [0.25, 0.3) is 0 Å². The van der Waals surface area contributed by atoms with Crippen LogP contribution in [0.2, 0.25) is 0 Å². The van der Waals surface area contributed by atoms with Crippen LogP contribution in [0.4, 0.5) is 0 Å². The SMILES string of the molecule is COC(=O)C(C)CN1CC2CCCC2C1. The summed E-state index contributed by atoms with van der Waals surface area (Å²) in [6, 6.07) is 0. The third kappa shape index (κ3) is 2.33. The van der Waals surface area contributed by atoms with Gasteiger partial charge in [-0.1, -0.05) is 13.3 Å². The standard InChI is InChI=1S/C12H21NO2/c1-9(12(14)15-2)6-13-7-10-4-3-5-11(10)8-13/h9-11H,3-8H2,1-2H3. The van der Waals surface area contributed by atoms with Crippen molar-refractivity contribution in [2.24, 2.45) is 17.8 Å². The minimum Gasteiger partial charge on any atom is -0.469 e. The Hall–Kier alpha value is -0.570. The Morgan fingerprint density at radius 1 is 1.40 bits per heavy atom. The number of esters is 1. The number of hydrogen-bond donors (Lipinski definition) is 0. The van der Waals surface area contributed by atoms with Crippen LogP contribution < -0.4 is 0 Å². The molecule has 0 radical (unpaired) electrons. The fraction of sp³-hybridized carbons (Fsp3) is 0.917. The first-order valence-corrected chi connectivity index (χ1v) is 6.01. The number of carbonyl (C=O) groups excluding carboxylic acids is 1. The molecule has 86 valence electrons. The molecule has 0 amide bonds. The summed E-state index contributed by atoms with van der Waals surface area (Å²) in [5.74, 6) is 1.77. The van der Waals surface area contributed by atoms with Crippen molar-refractivity contribution in [2.45, 2.75) is 26.2 Å². The zero-order chi connectivity index (χ0) is 10.8. The molecule has 2 rings (SSSR count). The highest BCUT2D eigenvalue weighted by atomic mass is 16.5. The molecular weight excluding hydrogens is 190 g/mol. The topological polar surface area (TPSA) is 29.5 Å². The summed E-state index contributed by atoms with van der Waals surface area (Å²) < 4.78 is 4.75. The van der Waals surface area contributed by atoms with Gasteiger partial charge in [-0.05, 0) is 24.7 Å². The van der Waals surface area contributed by atoms with Gasteiger partial charge in [0.15, 0.2) is 0 Å². The average Bonchev–Trinajstić information content (AvgIpc) is 2.76. The van der Waals surface area contributed by atoms with Crippen molar-refractivity contribution in [1.82, 2.24) is 4.90 Å². The molecule has 2 aliphatic rings. The van der Waals surface area contributed by atoms with Gasteiger partial charge in [-0.2, -0.15) is 0 Å². The van der Waals surface area contributed by atoms with Crippen molar-refractivity contribution in [1.29, 1.82) is 0 Å². The highest BCUT2D eigenvalue weighted by Crippen LogP contribution is 2.37. The van der Waals surface area contributed by atoms with Gasteiger partial charge in [0.25, 0.3) is 0 Å². The van der Waals surface area contributed by atoms with Crippen LogP contribution in [-0.2, 0) is 9.53 Å². The van der Waals surface area contributed by atoms with E-state index in [1.165, 1.54) is 39.5 Å². The maximum absolute atomic E-state index is 11.3. The predicted molar refractivity (Wildman–Crippen MR) is 58.5 cm³/mol. The molecule has 3 atom stereocenters. The second-order valence-electron chi connectivity index (χ2n) is 5.09. The second kappa shape index (κ2) is 4.52. The van der Waals surface area contributed by atoms with E-state index >= 15 is 0 Å². The summed E-state index contributed by atoms with van der Waals surface area (Å²) in [4.78, 5) is 13.7. The van der Waals surface area contributed by atoms with Crippen LogP contribution in [0.3, 0.4) is 0 Å². The molecule has 0 N–H and O–H groups in total. The first-order valence-electron chi connectivity index (χ1n) is 6.01. The summed E-state index contributed by atoms with van der Waals surface area (Å²) in [6.07, 6.45) is 4.21. The van der Waals surface area contributed by atoms with E-state index in [2.05, 4.69) is 4.90 Å². The monoisotopic (exact) mass is 211 g/mol. The first kappa shape index (κ1) is 10.9. The van der Waals surface area contributed by atoms with E-state index in [0.717, 1.165) is 18.4 Å². The van der Waals surface area contributed by atoms with E-state index in [1.54, 1.807) is 0 Å². The summed E-state index contributed by atoms with van der Waals surface area (Å²) in [7, 11) is 1.47. The molecule has 1 aliphatic heterocycles. The molecule has 2 fully saturated rings. The van der Waals surface area contributed by atoms with Crippen LogP contribution in [0, 0.1) is 17.8 Å². The Morgan fingerprint density at radius 2 is 2.00 bits per heavy atom. The van der Waals surface area contributed by atoms with Gasteiger partial charge in [-0.25, -0.2) is 0 Å². The van der Waals surface area contributed by atoms with Crippen molar-refractivity contribution >= 4 is 5.97 Å². The number of methoxy groups -OCH3 is 1. The Labute approximate surface area is 91.8 Å². The zero-order valence-electron chi connectivity index (χ0n) is 9.74. The van der Waals surface area contributed by atoms with Crippen molar-refractivity contribution in [3.05, 3.63) is 0 Å². The lowest BCUT2D eigenvalue weighted by molar-refractivity contribution is -0.145. The molecule has 1 heterocycles. The molecule has 3 heteroatoms. The highest BCUT2D eigenvalue weighted by Gasteiger charge is 2.36. The Morgan fingerprint density at radius 3 is 2.53 bits per heavy atom. The van der Waals surface area contributed by atoms with Gasteiger partial charge in [0, 0.05) is 19.6 Å². The number of likely N-dealkylation sites (tertiary alicyclic amines) is 1. The molecule has 3 unspecified atom stereocenters. The van der Waals surface area contributed by atoms with E-state index in [9.17, 15) is 4.79 Å². The summed E-state index contributed by atoms with van der Waals surface area (Å²) in [5, 5.41) is 0. The van der Waals surface area contributed by atoms with E-state index < -0.39 is 0 Å². The molecule has 1 aliphatic carbocycles. The maximum atomic E-state index is 11.3. The van der Waals surface area contributed by atoms with Crippen LogP contribution in [-0.4, -0.2) is 37.6 Å². The lowest BCUT2D eigenvalue weighted by Gasteiger charge is -2.19. The molecule has 15 heavy (non-hydrogen) atoms. The third-order valence-electron chi connectivity index (χ3n) is 3.94. The number of fused-ring (bicyclic) bond motifs is 1. The van der Waals surface area contributed by atoms with Crippen LogP contribution in [0.5, 0.6) is 0 Å². The van der Waals surface area contributed by atoms with Crippen molar-refractivity contribution in [2.75, 3.05) is 26.7 Å². The quantitative estimate of drug-likeness (QED) is 0.663. The van der Waals surface area contributed by atoms with Crippen LogP contribution >= 0.6 is 0 Å². The Bertz CT molecular complexity index is 230. The normalized spacial score (nSPS) is 32.7. The molecule has 0 aromatic carbocycles. The minimum absolute atomic E-state index is 0.0221. The number of nitrogens with zero attached hydrogens (tertiary/aromatic N) is 1. The van der Waals surface area contributed by atoms with Gasteiger partial charge in [-0.3, -0.25) is 4.79 Å². The summed E-state index contributed by atoms with van der Waals surface area (Å²) >= 11 is 0. The van der Waals surface area contributed by atoms with E-state index in [1.807, 2.05) is 6.92 Å². The van der Waals surface area contributed by atoms with Gasteiger partial charge in [0.2, 0.25) is 0 Å². The van der Waals surface area contributed by atoms with Crippen LogP contribution in [0.1, 0.15) is 26.2 Å². The average molecular weight is 211 g/mol. The van der Waals surface area contributed by atoms with Gasteiger partial charge in [0.1, 0.15) is 0 Å². The molecule has 0 bridgehead atoms. The van der Waals surface area contributed by atoms with E-state index in [-0.39, 0.29) is 11.9 Å². The van der Waals surface area contributed by atoms with Crippen LogP contribution in [0.15, 0.2) is 0 Å². The number of hydrogen-bond acceptors (Lipinski definition) is 3. The van der Waals surface area contributed by atoms with Crippen molar-refractivity contribution in [3.63, 3.8) is 0 Å². The molecule has 0 spiro atoms. The lowest BCUT2D eigenvalue weighted by atomic mass is 10.0. The molecule has 3 nitrogen and oxygen atoms in total. The van der Waals surface area contributed by atoms with Crippen molar-refractivity contribution < 1.29 is 9.53 Å². The fourth-order valence-corrected chi connectivity index (χ4v) is 3.14.